The smallest absolute Gasteiger partial charge is 0.165 e. The number of hydrogen-bond acceptors (Lipinski definition) is 4. The first kappa shape index (κ1) is 15.0. The molecule has 6 heteroatoms. The summed E-state index contributed by atoms with van der Waals surface area (Å²) in [5.41, 5.74) is 0.448. The van der Waals surface area contributed by atoms with Crippen molar-refractivity contribution < 1.29 is 14.2 Å². The van der Waals surface area contributed by atoms with Crippen LogP contribution in [0.5, 0.6) is 5.75 Å². The molecule has 0 aliphatic carbocycles. The first-order chi connectivity index (χ1) is 10.1. The second-order valence-electron chi connectivity index (χ2n) is 4.64. The van der Waals surface area contributed by atoms with Gasteiger partial charge in [-0.15, -0.1) is 0 Å². The molecule has 0 fully saturated rings. The lowest BCUT2D eigenvalue weighted by Crippen LogP contribution is -2.10. The Morgan fingerprint density at radius 2 is 2.19 bits per heavy atom. The Balaban J connectivity index is 2.12. The number of aliphatic hydroxyl groups excluding tert-OH is 1. The van der Waals surface area contributed by atoms with E-state index in [1.807, 2.05) is 13.8 Å². The van der Waals surface area contributed by atoms with E-state index in [0.717, 1.165) is 0 Å². The predicted octanol–water partition coefficient (Wildman–Crippen LogP) is 1.92. The third-order valence-corrected chi connectivity index (χ3v) is 2.69. The van der Waals surface area contributed by atoms with Crippen LogP contribution in [0.2, 0.25) is 0 Å². The van der Waals surface area contributed by atoms with Crippen LogP contribution in [0.1, 0.15) is 31.3 Å². The van der Waals surface area contributed by atoms with Gasteiger partial charge < -0.3 is 9.84 Å². The van der Waals surface area contributed by atoms with Crippen LogP contribution < -0.4 is 4.74 Å². The molecule has 2 aromatic rings. The summed E-state index contributed by atoms with van der Waals surface area (Å²) in [7, 11) is 0. The topological polar surface area (TPSA) is 60.2 Å². The monoisotopic (exact) mass is 289 g/mol. The maximum absolute atomic E-state index is 13.5. The van der Waals surface area contributed by atoms with Crippen molar-refractivity contribution in [1.29, 1.82) is 0 Å². The molecule has 0 aliphatic rings. The van der Waals surface area contributed by atoms with E-state index in [9.17, 15) is 4.39 Å². The molecule has 0 amide bonds. The maximum atomic E-state index is 13.5. The van der Waals surface area contributed by atoms with Gasteiger partial charge in [0.1, 0.15) is 31.1 Å². The van der Waals surface area contributed by atoms with Gasteiger partial charge in [0.15, 0.2) is 5.82 Å². The van der Waals surface area contributed by atoms with Gasteiger partial charge in [0.05, 0.1) is 0 Å². The number of nitrogens with zero attached hydrogens (tertiary/aromatic N) is 3. The molecule has 1 N–H and O–H groups in total. The number of hydrogen-bond donors (Lipinski definition) is 1. The third kappa shape index (κ3) is 4.04. The van der Waals surface area contributed by atoms with Gasteiger partial charge in [-0.05, 0) is 26.0 Å². The molecule has 0 radical (unpaired) electrons. The number of rotatable bonds is 4. The van der Waals surface area contributed by atoms with Gasteiger partial charge >= 0.3 is 0 Å². The molecule has 0 bridgehead atoms. The Kier molecular flexibility index (Phi) is 4.90. The average Bonchev–Trinajstić information content (AvgIpc) is 2.91. The van der Waals surface area contributed by atoms with Crippen LogP contribution in [-0.2, 0) is 6.61 Å². The van der Waals surface area contributed by atoms with Gasteiger partial charge in [0, 0.05) is 17.7 Å². The molecule has 1 aromatic heterocycles. The quantitative estimate of drug-likeness (QED) is 0.874. The molecule has 0 atom stereocenters. The van der Waals surface area contributed by atoms with Crippen LogP contribution in [0, 0.1) is 17.7 Å². The second kappa shape index (κ2) is 6.86. The molecule has 0 saturated heterocycles. The lowest BCUT2D eigenvalue weighted by Gasteiger charge is -2.10. The molecule has 0 spiro atoms. The third-order valence-electron chi connectivity index (χ3n) is 2.69. The zero-order valence-corrected chi connectivity index (χ0v) is 11.9. The van der Waals surface area contributed by atoms with Crippen LogP contribution >= 0.6 is 0 Å². The SMILES string of the molecule is CC(C)n1ncnc1COc1cc(F)cc(C#CCO)c1. The average molecular weight is 289 g/mol. The lowest BCUT2D eigenvalue weighted by atomic mass is 10.2. The number of ether oxygens (including phenoxy) is 1. The summed E-state index contributed by atoms with van der Waals surface area (Å²) < 4.78 is 20.8. The van der Waals surface area contributed by atoms with Gasteiger partial charge in [-0.1, -0.05) is 11.8 Å². The molecule has 1 heterocycles. The molecule has 0 aliphatic heterocycles. The highest BCUT2D eigenvalue weighted by atomic mass is 19.1. The van der Waals surface area contributed by atoms with E-state index in [1.165, 1.54) is 18.5 Å². The van der Waals surface area contributed by atoms with E-state index in [1.54, 1.807) is 10.7 Å². The predicted molar refractivity (Wildman–Crippen MR) is 75.1 cm³/mol. The number of halogens is 1. The Labute approximate surface area is 122 Å². The second-order valence-corrected chi connectivity index (χ2v) is 4.64. The van der Waals surface area contributed by atoms with Crippen LogP contribution in [0.15, 0.2) is 24.5 Å². The summed E-state index contributed by atoms with van der Waals surface area (Å²) in [5, 5.41) is 12.8. The Morgan fingerprint density at radius 3 is 2.90 bits per heavy atom. The van der Waals surface area contributed by atoms with Crippen molar-refractivity contribution in [2.24, 2.45) is 0 Å². The van der Waals surface area contributed by atoms with E-state index in [0.29, 0.717) is 17.1 Å². The van der Waals surface area contributed by atoms with Crippen LogP contribution in [0.3, 0.4) is 0 Å². The molecule has 2 rings (SSSR count). The van der Waals surface area contributed by atoms with Crippen LogP contribution in [0.4, 0.5) is 4.39 Å². The minimum atomic E-state index is -0.444. The van der Waals surface area contributed by atoms with Gasteiger partial charge in [-0.2, -0.15) is 5.10 Å². The summed E-state index contributed by atoms with van der Waals surface area (Å²) in [4.78, 5) is 4.12. The van der Waals surface area contributed by atoms with E-state index in [2.05, 4.69) is 21.9 Å². The highest BCUT2D eigenvalue weighted by molar-refractivity contribution is 5.40. The zero-order valence-electron chi connectivity index (χ0n) is 11.9. The van der Waals surface area contributed by atoms with Crippen molar-refractivity contribution in [2.75, 3.05) is 6.61 Å². The van der Waals surface area contributed by atoms with Crippen LogP contribution in [-0.4, -0.2) is 26.5 Å². The molecule has 0 unspecified atom stereocenters. The number of benzene rings is 1. The normalized spacial score (nSPS) is 10.3. The van der Waals surface area contributed by atoms with Gasteiger partial charge in [-0.3, -0.25) is 0 Å². The van der Waals surface area contributed by atoms with Crippen molar-refractivity contribution >= 4 is 0 Å². The summed E-state index contributed by atoms with van der Waals surface area (Å²) in [6.07, 6.45) is 1.46. The van der Waals surface area contributed by atoms with Crippen LogP contribution in [0.25, 0.3) is 0 Å². The van der Waals surface area contributed by atoms with E-state index < -0.39 is 5.82 Å². The summed E-state index contributed by atoms with van der Waals surface area (Å²) in [6.45, 7) is 3.89. The maximum Gasteiger partial charge on any atom is 0.165 e. The Morgan fingerprint density at radius 1 is 1.38 bits per heavy atom. The number of aromatic nitrogens is 3. The highest BCUT2D eigenvalue weighted by Crippen LogP contribution is 2.17. The summed E-state index contributed by atoms with van der Waals surface area (Å²) in [6, 6.07) is 4.35. The molecule has 21 heavy (non-hydrogen) atoms. The minimum absolute atomic E-state index is 0.171. The lowest BCUT2D eigenvalue weighted by molar-refractivity contribution is 0.281. The fourth-order valence-electron chi connectivity index (χ4n) is 1.82. The fraction of sp³-hybridized carbons (Fsp3) is 0.333. The first-order valence-corrected chi connectivity index (χ1v) is 6.51. The summed E-state index contributed by atoms with van der Waals surface area (Å²) >= 11 is 0. The Bertz CT molecular complexity index is 671. The molecular formula is C15H16FN3O2. The van der Waals surface area contributed by atoms with Crippen molar-refractivity contribution in [3.63, 3.8) is 0 Å². The first-order valence-electron chi connectivity index (χ1n) is 6.51. The fourth-order valence-corrected chi connectivity index (χ4v) is 1.82. The minimum Gasteiger partial charge on any atom is -0.485 e. The highest BCUT2D eigenvalue weighted by Gasteiger charge is 2.09. The van der Waals surface area contributed by atoms with Gasteiger partial charge in [0.25, 0.3) is 0 Å². The van der Waals surface area contributed by atoms with E-state index in [-0.39, 0.29) is 19.3 Å². The van der Waals surface area contributed by atoms with E-state index in [4.69, 9.17) is 9.84 Å². The molecule has 0 saturated carbocycles. The largest absolute Gasteiger partial charge is 0.485 e. The Hall–Kier alpha value is -2.39. The van der Waals surface area contributed by atoms with Crippen molar-refractivity contribution in [1.82, 2.24) is 14.8 Å². The standard InChI is InChI=1S/C15H16FN3O2/c1-11(2)19-15(17-10-18-19)9-21-14-7-12(4-3-5-20)6-13(16)8-14/h6-8,10-11,20H,5,9H2,1-2H3. The van der Waals surface area contributed by atoms with Crippen molar-refractivity contribution in [3.8, 4) is 17.6 Å². The molecule has 5 nitrogen and oxygen atoms in total. The summed E-state index contributed by atoms with van der Waals surface area (Å²) in [5.74, 6) is 5.69. The molecule has 110 valence electrons. The van der Waals surface area contributed by atoms with Gasteiger partial charge in [0.2, 0.25) is 0 Å². The van der Waals surface area contributed by atoms with Crippen molar-refractivity contribution in [3.05, 3.63) is 41.7 Å². The van der Waals surface area contributed by atoms with Gasteiger partial charge in [-0.25, -0.2) is 14.1 Å². The number of aliphatic hydroxyl groups is 1. The van der Waals surface area contributed by atoms with E-state index >= 15 is 0 Å². The van der Waals surface area contributed by atoms with Crippen molar-refractivity contribution in [2.45, 2.75) is 26.5 Å². The molecular weight excluding hydrogens is 273 g/mol. The molecule has 1 aromatic carbocycles. The zero-order chi connectivity index (χ0) is 15.2.